The van der Waals surface area contributed by atoms with Gasteiger partial charge in [-0.15, -0.1) is 11.3 Å². The summed E-state index contributed by atoms with van der Waals surface area (Å²) in [5.41, 5.74) is 11.8. The van der Waals surface area contributed by atoms with Crippen LogP contribution < -0.4 is 10.5 Å². The van der Waals surface area contributed by atoms with Crippen molar-refractivity contribution in [3.63, 3.8) is 0 Å². The van der Waals surface area contributed by atoms with Crippen molar-refractivity contribution in [3.8, 4) is 32.7 Å². The predicted molar refractivity (Wildman–Crippen MR) is 111 cm³/mol. The van der Waals surface area contributed by atoms with Gasteiger partial charge in [-0.1, -0.05) is 18.2 Å². The zero-order valence-electron chi connectivity index (χ0n) is 15.5. The summed E-state index contributed by atoms with van der Waals surface area (Å²) in [7, 11) is 0. The van der Waals surface area contributed by atoms with E-state index in [9.17, 15) is 5.26 Å². The van der Waals surface area contributed by atoms with Crippen LogP contribution in [0.3, 0.4) is 0 Å². The Kier molecular flexibility index (Phi) is 4.73. The van der Waals surface area contributed by atoms with Gasteiger partial charge in [0.05, 0.1) is 11.7 Å². The van der Waals surface area contributed by atoms with Gasteiger partial charge in [-0.3, -0.25) is 0 Å². The number of ether oxygens (including phenoxy) is 1. The van der Waals surface area contributed by atoms with Gasteiger partial charge in [-0.2, -0.15) is 5.26 Å². The minimum Gasteiger partial charge on any atom is -0.490 e. The lowest BCUT2D eigenvalue weighted by Gasteiger charge is -2.11. The van der Waals surface area contributed by atoms with E-state index in [1.165, 1.54) is 21.6 Å². The number of hydrogen-bond acceptors (Lipinski definition) is 4. The average molecular weight is 375 g/mol. The summed E-state index contributed by atoms with van der Waals surface area (Å²) in [6, 6.07) is 19.0. The number of fused-ring (bicyclic) bond motifs is 1. The molecule has 0 saturated carbocycles. The maximum atomic E-state index is 9.48. The number of benzene rings is 2. The van der Waals surface area contributed by atoms with Crippen molar-refractivity contribution in [1.82, 2.24) is 0 Å². The van der Waals surface area contributed by atoms with E-state index in [0.29, 0.717) is 11.3 Å². The molecule has 136 valence electrons. The van der Waals surface area contributed by atoms with Gasteiger partial charge >= 0.3 is 0 Å². The fourth-order valence-corrected chi connectivity index (χ4v) is 4.74. The first kappa shape index (κ1) is 17.8. The lowest BCUT2D eigenvalue weighted by atomic mass is 10.0. The predicted octanol–water partition coefficient (Wildman–Crippen LogP) is 5.69. The number of rotatable bonds is 4. The Hall–Kier alpha value is -2.61. The lowest BCUT2D eigenvalue weighted by molar-refractivity contribution is 0.242. The van der Waals surface area contributed by atoms with E-state index in [0.717, 1.165) is 23.3 Å². The van der Waals surface area contributed by atoms with Gasteiger partial charge in [-0.05, 0) is 79.3 Å². The van der Waals surface area contributed by atoms with E-state index in [1.54, 1.807) is 11.3 Å². The van der Waals surface area contributed by atoms with Crippen LogP contribution in [-0.2, 0) is 6.42 Å². The van der Waals surface area contributed by atoms with Gasteiger partial charge in [0.1, 0.15) is 11.8 Å². The molecule has 3 nitrogen and oxygen atoms in total. The number of nitriles is 1. The third-order valence-corrected chi connectivity index (χ3v) is 6.10. The monoisotopic (exact) mass is 374 g/mol. The first-order chi connectivity index (χ1) is 13.1. The first-order valence-electron chi connectivity index (χ1n) is 9.25. The van der Waals surface area contributed by atoms with Gasteiger partial charge in [0, 0.05) is 15.8 Å². The van der Waals surface area contributed by atoms with E-state index in [2.05, 4.69) is 36.4 Å². The van der Waals surface area contributed by atoms with Crippen molar-refractivity contribution >= 4 is 11.3 Å². The average Bonchev–Trinajstić information content (AvgIpc) is 3.29. The Bertz CT molecular complexity index is 1030. The molecule has 1 aliphatic rings. The van der Waals surface area contributed by atoms with Crippen LogP contribution in [0, 0.1) is 11.3 Å². The number of nitrogens with two attached hydrogens (primary N) is 1. The normalized spacial score (nSPS) is 15.6. The molecule has 0 spiro atoms. The van der Waals surface area contributed by atoms with E-state index in [-0.39, 0.29) is 12.1 Å². The Balaban J connectivity index is 1.69. The van der Waals surface area contributed by atoms with Gasteiger partial charge < -0.3 is 10.5 Å². The fourth-order valence-electron chi connectivity index (χ4n) is 3.68. The Morgan fingerprint density at radius 2 is 1.96 bits per heavy atom. The molecule has 0 aliphatic heterocycles. The summed E-state index contributed by atoms with van der Waals surface area (Å²) in [6.45, 7) is 3.93. The van der Waals surface area contributed by atoms with Crippen molar-refractivity contribution < 1.29 is 4.74 Å². The lowest BCUT2D eigenvalue weighted by Crippen LogP contribution is -2.06. The highest BCUT2D eigenvalue weighted by Crippen LogP contribution is 2.41. The molecular weight excluding hydrogens is 352 g/mol. The summed E-state index contributed by atoms with van der Waals surface area (Å²) < 4.78 is 5.73. The first-order valence-corrected chi connectivity index (χ1v) is 10.1. The van der Waals surface area contributed by atoms with Crippen LogP contribution in [0.5, 0.6) is 5.75 Å². The molecule has 1 aromatic heterocycles. The molecule has 3 aromatic rings. The van der Waals surface area contributed by atoms with Crippen LogP contribution in [0.15, 0.2) is 48.5 Å². The quantitative estimate of drug-likeness (QED) is 0.638. The minimum absolute atomic E-state index is 0.0443. The summed E-state index contributed by atoms with van der Waals surface area (Å²) in [4.78, 5) is 2.40. The SMILES string of the molecule is CC(C)Oc1ccc(-c2ccc(-c3cccc4c3CC[C@H]4N)s2)cc1C#N. The van der Waals surface area contributed by atoms with Gasteiger partial charge in [0.25, 0.3) is 0 Å². The van der Waals surface area contributed by atoms with Crippen LogP contribution in [0.1, 0.15) is 43.0 Å². The third kappa shape index (κ3) is 3.37. The van der Waals surface area contributed by atoms with Crippen LogP contribution in [-0.4, -0.2) is 6.10 Å². The Morgan fingerprint density at radius 1 is 1.15 bits per heavy atom. The molecule has 0 radical (unpaired) electrons. The molecule has 1 atom stereocenters. The molecule has 4 heteroatoms. The Labute approximate surface area is 164 Å². The van der Waals surface area contributed by atoms with Crippen LogP contribution >= 0.6 is 11.3 Å². The highest BCUT2D eigenvalue weighted by Gasteiger charge is 2.22. The third-order valence-electron chi connectivity index (χ3n) is 4.94. The number of thiophene rings is 1. The molecule has 0 saturated heterocycles. The van der Waals surface area contributed by atoms with E-state index in [1.807, 2.05) is 32.0 Å². The molecule has 0 unspecified atom stereocenters. The van der Waals surface area contributed by atoms with Crippen molar-refractivity contribution in [1.29, 1.82) is 5.26 Å². The van der Waals surface area contributed by atoms with E-state index < -0.39 is 0 Å². The van der Waals surface area contributed by atoms with Crippen molar-refractivity contribution in [2.45, 2.75) is 38.8 Å². The van der Waals surface area contributed by atoms with Gasteiger partial charge in [0.15, 0.2) is 0 Å². The second kappa shape index (κ2) is 7.19. The largest absolute Gasteiger partial charge is 0.490 e. The smallest absolute Gasteiger partial charge is 0.137 e. The van der Waals surface area contributed by atoms with Gasteiger partial charge in [-0.25, -0.2) is 0 Å². The number of hydrogen-bond donors (Lipinski definition) is 1. The van der Waals surface area contributed by atoms with E-state index in [4.69, 9.17) is 10.5 Å². The van der Waals surface area contributed by atoms with Crippen LogP contribution in [0.4, 0.5) is 0 Å². The molecule has 1 heterocycles. The summed E-state index contributed by atoms with van der Waals surface area (Å²) >= 11 is 1.75. The minimum atomic E-state index is 0.0443. The summed E-state index contributed by atoms with van der Waals surface area (Å²) in [6.07, 6.45) is 2.11. The Morgan fingerprint density at radius 3 is 2.74 bits per heavy atom. The second-order valence-electron chi connectivity index (χ2n) is 7.17. The number of nitrogens with zero attached hydrogens (tertiary/aromatic N) is 1. The van der Waals surface area contributed by atoms with E-state index >= 15 is 0 Å². The molecule has 0 bridgehead atoms. The highest BCUT2D eigenvalue weighted by atomic mass is 32.1. The molecule has 4 rings (SSSR count). The molecule has 0 fully saturated rings. The molecule has 27 heavy (non-hydrogen) atoms. The molecule has 2 N–H and O–H groups in total. The molecule has 0 amide bonds. The zero-order chi connectivity index (χ0) is 19.0. The van der Waals surface area contributed by atoms with Crippen molar-refractivity contribution in [2.24, 2.45) is 5.73 Å². The van der Waals surface area contributed by atoms with Gasteiger partial charge in [0.2, 0.25) is 0 Å². The summed E-state index contributed by atoms with van der Waals surface area (Å²) in [5.74, 6) is 0.642. The van der Waals surface area contributed by atoms with Crippen molar-refractivity contribution in [2.75, 3.05) is 0 Å². The topological polar surface area (TPSA) is 59.0 Å². The molecule has 2 aromatic carbocycles. The molecular formula is C23H22N2OS. The van der Waals surface area contributed by atoms with Crippen LogP contribution in [0.2, 0.25) is 0 Å². The zero-order valence-corrected chi connectivity index (χ0v) is 16.3. The standard InChI is InChI=1S/C23H22N2OS/c1-14(2)26-21-9-6-15(12-16(21)13-24)22-10-11-23(27-22)19-5-3-4-18-17(19)7-8-20(18)25/h3-6,9-12,14,20H,7-8,25H2,1-2H3/t20-/m1/s1. The fraction of sp³-hybridized carbons (Fsp3) is 0.261. The highest BCUT2D eigenvalue weighted by molar-refractivity contribution is 7.18. The summed E-state index contributed by atoms with van der Waals surface area (Å²) in [5, 5.41) is 9.48. The maximum Gasteiger partial charge on any atom is 0.137 e. The second-order valence-corrected chi connectivity index (χ2v) is 8.26. The molecule has 1 aliphatic carbocycles. The van der Waals surface area contributed by atoms with Crippen molar-refractivity contribution in [3.05, 3.63) is 65.2 Å². The maximum absolute atomic E-state index is 9.48. The van der Waals surface area contributed by atoms with Crippen LogP contribution in [0.25, 0.3) is 20.9 Å².